The van der Waals surface area contributed by atoms with Crippen LogP contribution in [-0.4, -0.2) is 11.3 Å². The van der Waals surface area contributed by atoms with Crippen molar-refractivity contribution in [1.29, 1.82) is 0 Å². The molecular weight excluding hydrogens is 102 g/mol. The Morgan fingerprint density at radius 2 is 2.38 bits per heavy atom. The number of hydrogen-bond donors (Lipinski definition) is 2. The van der Waals surface area contributed by atoms with Gasteiger partial charge in [0.05, 0.1) is 0 Å². The molecule has 0 spiro atoms. The number of allylic oxidation sites excluding steroid dienone is 1. The molecule has 8 heavy (non-hydrogen) atoms. The molecule has 1 atom stereocenters. The quantitative estimate of drug-likeness (QED) is 0.418. The van der Waals surface area contributed by atoms with Crippen LogP contribution in [0.5, 0.6) is 0 Å². The van der Waals surface area contributed by atoms with Crippen molar-refractivity contribution in [3.63, 3.8) is 0 Å². The molecular formula is C6H13NO. The van der Waals surface area contributed by atoms with Crippen molar-refractivity contribution in [2.45, 2.75) is 26.0 Å². The van der Waals surface area contributed by atoms with Gasteiger partial charge in [0.2, 0.25) is 0 Å². The zero-order valence-corrected chi connectivity index (χ0v) is 5.17. The van der Waals surface area contributed by atoms with Crippen LogP contribution in [0.1, 0.15) is 19.8 Å². The summed E-state index contributed by atoms with van der Waals surface area (Å²) in [4.78, 5) is 0. The van der Waals surface area contributed by atoms with Crippen molar-refractivity contribution in [2.75, 3.05) is 0 Å². The van der Waals surface area contributed by atoms with Crippen LogP contribution in [0.25, 0.3) is 0 Å². The Morgan fingerprint density at radius 1 is 1.75 bits per heavy atom. The van der Waals surface area contributed by atoms with Crippen LogP contribution >= 0.6 is 0 Å². The van der Waals surface area contributed by atoms with Crippen molar-refractivity contribution in [2.24, 2.45) is 5.73 Å². The Labute approximate surface area is 50.0 Å². The van der Waals surface area contributed by atoms with E-state index in [4.69, 9.17) is 10.8 Å². The summed E-state index contributed by atoms with van der Waals surface area (Å²) in [7, 11) is 0. The summed E-state index contributed by atoms with van der Waals surface area (Å²) < 4.78 is 0. The molecule has 0 fully saturated rings. The number of hydrogen-bond acceptors (Lipinski definition) is 2. The van der Waals surface area contributed by atoms with E-state index in [0.717, 1.165) is 12.8 Å². The summed E-state index contributed by atoms with van der Waals surface area (Å²) in [5, 5.41) is 8.47. The zero-order chi connectivity index (χ0) is 6.41. The van der Waals surface area contributed by atoms with E-state index in [-0.39, 0.29) is 0 Å². The predicted molar refractivity (Wildman–Crippen MR) is 34.2 cm³/mol. The van der Waals surface area contributed by atoms with Crippen LogP contribution in [0.2, 0.25) is 0 Å². The van der Waals surface area contributed by atoms with Crippen molar-refractivity contribution < 1.29 is 5.11 Å². The van der Waals surface area contributed by atoms with Gasteiger partial charge in [-0.2, -0.15) is 0 Å². The number of rotatable bonds is 3. The molecule has 0 aliphatic carbocycles. The fourth-order valence-corrected chi connectivity index (χ4v) is 0.402. The van der Waals surface area contributed by atoms with Gasteiger partial charge in [0.1, 0.15) is 6.23 Å². The minimum Gasteiger partial charge on any atom is -0.375 e. The molecule has 0 heterocycles. The Balaban J connectivity index is 3.07. The van der Waals surface area contributed by atoms with Gasteiger partial charge < -0.3 is 10.8 Å². The number of nitrogens with two attached hydrogens (primary N) is 1. The molecule has 0 saturated carbocycles. The summed E-state index contributed by atoms with van der Waals surface area (Å²) in [6.07, 6.45) is 4.78. The highest BCUT2D eigenvalue weighted by Crippen LogP contribution is 1.87. The molecule has 1 unspecified atom stereocenters. The van der Waals surface area contributed by atoms with Gasteiger partial charge >= 0.3 is 0 Å². The van der Waals surface area contributed by atoms with Gasteiger partial charge in [-0.05, 0) is 12.5 Å². The Bertz CT molecular complexity index is 68.9. The van der Waals surface area contributed by atoms with Gasteiger partial charge in [0.25, 0.3) is 0 Å². The van der Waals surface area contributed by atoms with Gasteiger partial charge in [-0.25, -0.2) is 0 Å². The van der Waals surface area contributed by atoms with Crippen molar-refractivity contribution >= 4 is 0 Å². The lowest BCUT2D eigenvalue weighted by Gasteiger charge is -1.91. The van der Waals surface area contributed by atoms with E-state index in [1.54, 1.807) is 6.08 Å². The number of aliphatic hydroxyl groups excluding tert-OH is 1. The predicted octanol–water partition coefficient (Wildman–Crippen LogP) is 0.620. The minimum atomic E-state index is -0.776. The molecule has 3 N–H and O–H groups in total. The standard InChI is InChI=1S/C6H13NO/c1-2-3-4-5-6(7)8/h4-6,8H,2-3,7H2,1H3/b5-4+. The smallest absolute Gasteiger partial charge is 0.121 e. The van der Waals surface area contributed by atoms with E-state index in [1.165, 1.54) is 0 Å². The van der Waals surface area contributed by atoms with E-state index >= 15 is 0 Å². The SMILES string of the molecule is CCC/C=C/C(N)O. The first-order chi connectivity index (χ1) is 3.77. The number of aliphatic hydroxyl groups is 1. The van der Waals surface area contributed by atoms with Crippen molar-refractivity contribution in [3.05, 3.63) is 12.2 Å². The third-order valence-corrected chi connectivity index (χ3v) is 0.789. The van der Waals surface area contributed by atoms with Crippen molar-refractivity contribution in [1.82, 2.24) is 0 Å². The molecule has 0 rings (SSSR count). The Morgan fingerprint density at radius 3 is 2.75 bits per heavy atom. The second-order valence-corrected chi connectivity index (χ2v) is 1.71. The van der Waals surface area contributed by atoms with Gasteiger partial charge in [-0.1, -0.05) is 19.4 Å². The molecule has 48 valence electrons. The molecule has 0 saturated heterocycles. The summed E-state index contributed by atoms with van der Waals surface area (Å²) in [6.45, 7) is 2.08. The molecule has 0 aromatic carbocycles. The Hall–Kier alpha value is -0.340. The van der Waals surface area contributed by atoms with E-state index in [1.807, 2.05) is 6.08 Å². The maximum absolute atomic E-state index is 8.47. The molecule has 0 aliphatic rings. The maximum atomic E-state index is 8.47. The fourth-order valence-electron chi connectivity index (χ4n) is 0.402. The van der Waals surface area contributed by atoms with Crippen LogP contribution < -0.4 is 5.73 Å². The first-order valence-electron chi connectivity index (χ1n) is 2.87. The third kappa shape index (κ3) is 5.66. The minimum absolute atomic E-state index is 0.776. The summed E-state index contributed by atoms with van der Waals surface area (Å²) >= 11 is 0. The zero-order valence-electron chi connectivity index (χ0n) is 5.17. The molecule has 0 amide bonds. The fraction of sp³-hybridized carbons (Fsp3) is 0.667. The lowest BCUT2D eigenvalue weighted by molar-refractivity contribution is 0.231. The number of unbranched alkanes of at least 4 members (excludes halogenated alkanes) is 1. The molecule has 0 radical (unpaired) electrons. The summed E-state index contributed by atoms with van der Waals surface area (Å²) in [5.74, 6) is 0. The van der Waals surface area contributed by atoms with Crippen LogP contribution in [0.4, 0.5) is 0 Å². The monoisotopic (exact) mass is 115 g/mol. The normalized spacial score (nSPS) is 14.9. The van der Waals surface area contributed by atoms with Crippen LogP contribution in [-0.2, 0) is 0 Å². The molecule has 0 aliphatic heterocycles. The van der Waals surface area contributed by atoms with E-state index in [9.17, 15) is 0 Å². The molecule has 0 aromatic rings. The first kappa shape index (κ1) is 7.66. The van der Waals surface area contributed by atoms with Crippen LogP contribution in [0, 0.1) is 0 Å². The van der Waals surface area contributed by atoms with Crippen LogP contribution in [0.3, 0.4) is 0 Å². The average Bonchev–Trinajstić information content (AvgIpc) is 1.66. The molecule has 0 aromatic heterocycles. The topological polar surface area (TPSA) is 46.2 Å². The van der Waals surface area contributed by atoms with E-state index in [0.29, 0.717) is 0 Å². The van der Waals surface area contributed by atoms with Crippen molar-refractivity contribution in [3.8, 4) is 0 Å². The highest BCUT2D eigenvalue weighted by Gasteiger charge is 1.81. The molecule has 2 heteroatoms. The lowest BCUT2D eigenvalue weighted by Crippen LogP contribution is -2.14. The largest absolute Gasteiger partial charge is 0.375 e. The maximum Gasteiger partial charge on any atom is 0.121 e. The highest BCUT2D eigenvalue weighted by atomic mass is 16.3. The highest BCUT2D eigenvalue weighted by molar-refractivity contribution is 4.84. The average molecular weight is 115 g/mol. The van der Waals surface area contributed by atoms with Gasteiger partial charge in [-0.3, -0.25) is 0 Å². The van der Waals surface area contributed by atoms with Gasteiger partial charge in [0, 0.05) is 0 Å². The van der Waals surface area contributed by atoms with E-state index < -0.39 is 6.23 Å². The third-order valence-electron chi connectivity index (χ3n) is 0.789. The summed E-state index contributed by atoms with van der Waals surface area (Å²) in [5.41, 5.74) is 5.00. The van der Waals surface area contributed by atoms with Gasteiger partial charge in [0.15, 0.2) is 0 Å². The summed E-state index contributed by atoms with van der Waals surface area (Å²) in [6, 6.07) is 0. The molecule has 2 nitrogen and oxygen atoms in total. The van der Waals surface area contributed by atoms with E-state index in [2.05, 4.69) is 6.92 Å². The lowest BCUT2D eigenvalue weighted by atomic mass is 10.3. The second-order valence-electron chi connectivity index (χ2n) is 1.71. The van der Waals surface area contributed by atoms with Crippen LogP contribution in [0.15, 0.2) is 12.2 Å². The second kappa shape index (κ2) is 4.81. The Kier molecular flexibility index (Phi) is 4.61. The van der Waals surface area contributed by atoms with Gasteiger partial charge in [-0.15, -0.1) is 0 Å². The molecule has 0 bridgehead atoms. The first-order valence-corrected chi connectivity index (χ1v) is 2.87.